The van der Waals surface area contributed by atoms with E-state index in [1.165, 1.54) is 83.5 Å². The molecule has 1 unspecified atom stereocenters. The summed E-state index contributed by atoms with van der Waals surface area (Å²) in [5.74, 6) is -1.08. The number of hydrogen-bond acceptors (Lipinski definition) is 7. The van der Waals surface area contributed by atoms with Gasteiger partial charge in [0.15, 0.2) is 6.10 Å². The highest BCUT2D eigenvalue weighted by atomic mass is 31.2. The smallest absolute Gasteiger partial charge is 0.462 e. The number of esters is 2. The number of phosphoric ester groups is 1. The maximum Gasteiger partial charge on any atom is 0.469 e. The molecule has 0 spiro atoms. The molecule has 0 aromatic rings. The third-order valence-electron chi connectivity index (χ3n) is 7.77. The number of hydrogen-bond donors (Lipinski definition) is 3. The molecule has 0 aliphatic heterocycles. The molecule has 0 fully saturated rings. The van der Waals surface area contributed by atoms with Crippen LogP contribution in [-0.4, -0.2) is 52.3 Å². The van der Waals surface area contributed by atoms with Crippen molar-refractivity contribution in [3.05, 3.63) is 36.5 Å². The Hall–Kier alpha value is -1.77. The number of carbonyl (C=O) groups is 2. The number of aliphatic hydroxyl groups excluding tert-OH is 1. The number of phosphoric acid groups is 1. The zero-order valence-electron chi connectivity index (χ0n) is 29.5. The monoisotopic (exact) mass is 686 g/mol. The highest BCUT2D eigenvalue weighted by Crippen LogP contribution is 2.36. The number of carbonyl (C=O) groups excluding carboxylic acids is 2. The molecule has 0 saturated carbocycles. The van der Waals surface area contributed by atoms with Crippen LogP contribution < -0.4 is 0 Å². The fraction of sp³-hybridized carbons (Fsp3) is 0.784. The van der Waals surface area contributed by atoms with E-state index in [2.05, 4.69) is 30.5 Å². The second-order valence-electron chi connectivity index (χ2n) is 12.4. The molecule has 0 saturated heterocycles. The normalized spacial score (nSPS) is 13.6. The summed E-state index contributed by atoms with van der Waals surface area (Å²) in [5, 5.41) is 10.2. The van der Waals surface area contributed by atoms with Gasteiger partial charge < -0.3 is 24.4 Å². The molecule has 3 N–H and O–H groups in total. The minimum absolute atomic E-state index is 0.0107. The Bertz CT molecular complexity index is 881. The predicted molar refractivity (Wildman–Crippen MR) is 190 cm³/mol. The van der Waals surface area contributed by atoms with Crippen LogP contribution in [0.2, 0.25) is 0 Å². The summed E-state index contributed by atoms with van der Waals surface area (Å²) in [4.78, 5) is 42.6. The van der Waals surface area contributed by atoms with Crippen molar-refractivity contribution in [3.63, 3.8) is 0 Å². The molecule has 0 aliphatic carbocycles. The first-order chi connectivity index (χ1) is 22.7. The average Bonchev–Trinajstić information content (AvgIpc) is 3.03. The Kier molecular flexibility index (Phi) is 31.5. The quantitative estimate of drug-likeness (QED) is 0.0202. The molecule has 0 aromatic carbocycles. The van der Waals surface area contributed by atoms with Crippen molar-refractivity contribution in [1.29, 1.82) is 0 Å². The lowest BCUT2D eigenvalue weighted by Gasteiger charge is -2.18. The summed E-state index contributed by atoms with van der Waals surface area (Å²) in [5.41, 5.74) is 0. The van der Waals surface area contributed by atoms with E-state index in [0.29, 0.717) is 19.3 Å². The van der Waals surface area contributed by atoms with Crippen LogP contribution in [0.15, 0.2) is 36.5 Å². The Labute approximate surface area is 285 Å². The molecular formula is C37H67O9P. The van der Waals surface area contributed by atoms with Crippen LogP contribution >= 0.6 is 7.82 Å². The number of aliphatic hydroxyl groups is 1. The van der Waals surface area contributed by atoms with Gasteiger partial charge in [-0.2, -0.15) is 0 Å². The number of allylic oxidation sites excluding steroid dienone is 5. The van der Waals surface area contributed by atoms with Gasteiger partial charge in [0.2, 0.25) is 0 Å². The van der Waals surface area contributed by atoms with Crippen LogP contribution in [0, 0.1) is 0 Å². The van der Waals surface area contributed by atoms with Crippen molar-refractivity contribution in [3.8, 4) is 0 Å². The molecule has 10 heteroatoms. The molecule has 0 radical (unpaired) electrons. The van der Waals surface area contributed by atoms with Crippen molar-refractivity contribution in [2.45, 2.75) is 174 Å². The zero-order chi connectivity index (χ0) is 34.9. The summed E-state index contributed by atoms with van der Waals surface area (Å²) in [6, 6.07) is 0. The van der Waals surface area contributed by atoms with Crippen LogP contribution in [0.4, 0.5) is 0 Å². The Morgan fingerprint density at radius 3 is 1.81 bits per heavy atom. The minimum atomic E-state index is -4.80. The lowest BCUT2D eigenvalue weighted by molar-refractivity contribution is -0.161. The molecule has 0 aliphatic rings. The first-order valence-corrected chi connectivity index (χ1v) is 19.9. The van der Waals surface area contributed by atoms with Gasteiger partial charge in [-0.15, -0.1) is 0 Å². The van der Waals surface area contributed by atoms with Gasteiger partial charge >= 0.3 is 19.8 Å². The minimum Gasteiger partial charge on any atom is -0.462 e. The van der Waals surface area contributed by atoms with Crippen LogP contribution in [0.1, 0.15) is 162 Å². The van der Waals surface area contributed by atoms with E-state index in [4.69, 9.17) is 19.3 Å². The molecule has 0 heterocycles. The second kappa shape index (κ2) is 32.8. The van der Waals surface area contributed by atoms with Crippen LogP contribution in [0.5, 0.6) is 0 Å². The van der Waals surface area contributed by atoms with Crippen molar-refractivity contribution >= 4 is 19.8 Å². The molecule has 0 rings (SSSR count). The molecule has 0 amide bonds. The molecule has 2 atom stereocenters. The second-order valence-corrected chi connectivity index (χ2v) is 13.6. The van der Waals surface area contributed by atoms with E-state index in [9.17, 15) is 19.3 Å². The third-order valence-corrected chi connectivity index (χ3v) is 8.25. The van der Waals surface area contributed by atoms with Crippen LogP contribution in [0.25, 0.3) is 0 Å². The fourth-order valence-electron chi connectivity index (χ4n) is 4.97. The lowest BCUT2D eigenvalue weighted by atomic mass is 10.1. The van der Waals surface area contributed by atoms with E-state index in [1.54, 1.807) is 12.2 Å². The van der Waals surface area contributed by atoms with Gasteiger partial charge in [0, 0.05) is 12.8 Å². The molecule has 9 nitrogen and oxygen atoms in total. The SMILES string of the molecule is CCCCCCCC/C=C/C/C=C/C=C/C(O)CCCC(=O)O[C@H](COC(=O)CCCCCCCCCCCCC)COP(=O)(O)O. The lowest BCUT2D eigenvalue weighted by Crippen LogP contribution is -2.29. The maximum atomic E-state index is 12.3. The number of ether oxygens (including phenoxy) is 2. The van der Waals surface area contributed by atoms with Gasteiger partial charge in [0.25, 0.3) is 0 Å². The summed E-state index contributed by atoms with van der Waals surface area (Å²) in [6.45, 7) is 3.49. The fourth-order valence-corrected chi connectivity index (χ4v) is 5.33. The van der Waals surface area contributed by atoms with E-state index < -0.39 is 38.6 Å². The first kappa shape index (κ1) is 45.2. The summed E-state index contributed by atoms with van der Waals surface area (Å²) < 4.78 is 26.1. The molecule has 274 valence electrons. The number of rotatable bonds is 33. The van der Waals surface area contributed by atoms with E-state index in [-0.39, 0.29) is 19.4 Å². The van der Waals surface area contributed by atoms with Gasteiger partial charge in [0.1, 0.15) is 6.61 Å². The van der Waals surface area contributed by atoms with Gasteiger partial charge in [0.05, 0.1) is 12.7 Å². The zero-order valence-corrected chi connectivity index (χ0v) is 30.4. The third kappa shape index (κ3) is 35.4. The van der Waals surface area contributed by atoms with Gasteiger partial charge in [-0.05, 0) is 38.5 Å². The molecule has 0 bridgehead atoms. The summed E-state index contributed by atoms with van der Waals surface area (Å²) in [6.07, 6.45) is 33.3. The van der Waals surface area contributed by atoms with E-state index in [0.717, 1.165) is 32.1 Å². The van der Waals surface area contributed by atoms with E-state index in [1.807, 2.05) is 12.2 Å². The molecular weight excluding hydrogens is 619 g/mol. The standard InChI is InChI=1S/C37H67O9P/c1-3-5-7-9-11-13-15-16-18-19-21-23-25-28-34(38)29-27-31-37(40)46-35(33-45-47(41,42)43)32-44-36(39)30-26-24-22-20-17-14-12-10-8-6-4-2/h16,18,21,23,25,28,34-35,38H,3-15,17,19-20,22,24,26-27,29-33H2,1-2H3,(H2,41,42,43)/b18-16+,23-21+,28-25+/t34?,35-/m1/s1. The Morgan fingerprint density at radius 1 is 0.660 bits per heavy atom. The topological polar surface area (TPSA) is 140 Å². The highest BCUT2D eigenvalue weighted by molar-refractivity contribution is 7.46. The maximum absolute atomic E-state index is 12.3. The summed E-state index contributed by atoms with van der Waals surface area (Å²) in [7, 11) is -4.80. The number of unbranched alkanes of at least 4 members (excludes halogenated alkanes) is 16. The van der Waals surface area contributed by atoms with Crippen molar-refractivity contribution in [2.24, 2.45) is 0 Å². The Morgan fingerprint density at radius 2 is 1.21 bits per heavy atom. The Balaban J connectivity index is 4.19. The molecule has 0 aromatic heterocycles. The van der Waals surface area contributed by atoms with Gasteiger partial charge in [-0.25, -0.2) is 4.57 Å². The largest absolute Gasteiger partial charge is 0.469 e. The van der Waals surface area contributed by atoms with Gasteiger partial charge in [-0.1, -0.05) is 147 Å². The van der Waals surface area contributed by atoms with Crippen molar-refractivity contribution in [2.75, 3.05) is 13.2 Å². The predicted octanol–water partition coefficient (Wildman–Crippen LogP) is 9.59. The first-order valence-electron chi connectivity index (χ1n) is 18.4. The van der Waals surface area contributed by atoms with Crippen LogP contribution in [0.3, 0.4) is 0 Å². The summed E-state index contributed by atoms with van der Waals surface area (Å²) >= 11 is 0. The van der Waals surface area contributed by atoms with E-state index >= 15 is 0 Å². The van der Waals surface area contributed by atoms with Crippen molar-refractivity contribution < 1.29 is 43.0 Å². The molecule has 47 heavy (non-hydrogen) atoms. The van der Waals surface area contributed by atoms with Crippen molar-refractivity contribution in [1.82, 2.24) is 0 Å². The average molecular weight is 687 g/mol. The highest BCUT2D eigenvalue weighted by Gasteiger charge is 2.23. The van der Waals surface area contributed by atoms with Gasteiger partial charge in [-0.3, -0.25) is 14.1 Å². The van der Waals surface area contributed by atoms with Crippen LogP contribution in [-0.2, 0) is 28.2 Å².